The Bertz CT molecular complexity index is 716. The molecule has 0 aromatic carbocycles. The third-order valence-electron chi connectivity index (χ3n) is 4.60. The number of rotatable bonds is 3. The summed E-state index contributed by atoms with van der Waals surface area (Å²) in [4.78, 5) is 28.0. The van der Waals surface area contributed by atoms with Crippen LogP contribution in [0.1, 0.15) is 31.2 Å². The van der Waals surface area contributed by atoms with Crippen molar-refractivity contribution in [2.24, 2.45) is 0 Å². The second-order valence-electron chi connectivity index (χ2n) is 6.11. The highest BCUT2D eigenvalue weighted by Crippen LogP contribution is 2.44. The molecule has 3 heterocycles. The molecule has 2 aromatic heterocycles. The number of piperazine rings is 1. The van der Waals surface area contributed by atoms with Crippen molar-refractivity contribution in [3.05, 3.63) is 18.1 Å². The highest BCUT2D eigenvalue weighted by Gasteiger charge is 2.30. The second kappa shape index (κ2) is 5.72. The number of aromatic nitrogens is 3. The van der Waals surface area contributed by atoms with Gasteiger partial charge in [-0.2, -0.15) is 0 Å². The van der Waals surface area contributed by atoms with Crippen LogP contribution in [0.5, 0.6) is 0 Å². The first-order valence-electron chi connectivity index (χ1n) is 8.26. The van der Waals surface area contributed by atoms with Crippen LogP contribution in [0.3, 0.4) is 0 Å². The van der Waals surface area contributed by atoms with Gasteiger partial charge in [-0.1, -0.05) is 0 Å². The molecule has 0 radical (unpaired) electrons. The van der Waals surface area contributed by atoms with E-state index in [-0.39, 0.29) is 6.09 Å². The number of hydrogen-bond donors (Lipinski definition) is 1. The van der Waals surface area contributed by atoms with Gasteiger partial charge in [0.2, 0.25) is 0 Å². The fourth-order valence-electron chi connectivity index (χ4n) is 3.24. The molecule has 1 aliphatic carbocycles. The van der Waals surface area contributed by atoms with Crippen molar-refractivity contribution in [2.75, 3.05) is 37.7 Å². The Morgan fingerprint density at radius 2 is 2.09 bits per heavy atom. The summed E-state index contributed by atoms with van der Waals surface area (Å²) in [6.45, 7) is 5.10. The lowest BCUT2D eigenvalue weighted by molar-refractivity contribution is 0.105. The Morgan fingerprint density at radius 3 is 2.78 bits per heavy atom. The summed E-state index contributed by atoms with van der Waals surface area (Å²) >= 11 is 0. The molecule has 2 aliphatic rings. The molecule has 4 rings (SSSR count). The summed E-state index contributed by atoms with van der Waals surface area (Å²) < 4.78 is 5.08. The molecule has 23 heavy (non-hydrogen) atoms. The van der Waals surface area contributed by atoms with E-state index in [1.807, 2.05) is 6.92 Å². The molecule has 7 nitrogen and oxygen atoms in total. The molecule has 1 N–H and O–H groups in total. The monoisotopic (exact) mass is 315 g/mol. The Hall–Kier alpha value is -2.31. The number of ether oxygens (including phenoxy) is 1. The fourth-order valence-corrected chi connectivity index (χ4v) is 3.24. The standard InChI is InChI=1S/C16H21N5O2/c1-2-23-16(22)21-7-5-20(6-8-21)15-13-12(11-3-4-11)9-17-14(13)18-10-19-15/h9-11H,2-8H2,1H3,(H,17,18,19). The maximum atomic E-state index is 11.8. The molecular weight excluding hydrogens is 294 g/mol. The van der Waals surface area contributed by atoms with E-state index in [1.165, 1.54) is 18.4 Å². The third kappa shape index (κ3) is 2.60. The van der Waals surface area contributed by atoms with Crippen molar-refractivity contribution in [1.82, 2.24) is 19.9 Å². The van der Waals surface area contributed by atoms with E-state index >= 15 is 0 Å². The van der Waals surface area contributed by atoms with Gasteiger partial charge in [0.05, 0.1) is 12.0 Å². The maximum absolute atomic E-state index is 11.8. The first kappa shape index (κ1) is 14.3. The van der Waals surface area contributed by atoms with Crippen LogP contribution in [0.2, 0.25) is 0 Å². The molecule has 122 valence electrons. The van der Waals surface area contributed by atoms with Crippen LogP contribution in [0.4, 0.5) is 10.6 Å². The predicted octanol–water partition coefficient (Wildman–Crippen LogP) is 2.11. The van der Waals surface area contributed by atoms with E-state index in [4.69, 9.17) is 4.74 Å². The SMILES string of the molecule is CCOC(=O)N1CCN(c2ncnc3[nH]cc(C4CC4)c23)CC1. The molecule has 2 aromatic rings. The minimum Gasteiger partial charge on any atom is -0.450 e. The normalized spacial score (nSPS) is 18.5. The molecular formula is C16H21N5O2. The van der Waals surface area contributed by atoms with E-state index in [9.17, 15) is 4.79 Å². The molecule has 0 bridgehead atoms. The first-order valence-corrected chi connectivity index (χ1v) is 8.26. The highest BCUT2D eigenvalue weighted by molar-refractivity contribution is 5.91. The third-order valence-corrected chi connectivity index (χ3v) is 4.60. The van der Waals surface area contributed by atoms with Gasteiger partial charge in [0.1, 0.15) is 17.8 Å². The number of anilines is 1. The molecule has 1 saturated heterocycles. The number of aromatic amines is 1. The molecule has 1 aliphatic heterocycles. The number of amides is 1. The van der Waals surface area contributed by atoms with Crippen LogP contribution in [0.15, 0.2) is 12.5 Å². The number of carbonyl (C=O) groups is 1. The topological polar surface area (TPSA) is 74.3 Å². The lowest BCUT2D eigenvalue weighted by atomic mass is 10.1. The predicted molar refractivity (Wildman–Crippen MR) is 86.7 cm³/mol. The molecule has 0 spiro atoms. The molecule has 1 amide bonds. The quantitative estimate of drug-likeness (QED) is 0.939. The second-order valence-corrected chi connectivity index (χ2v) is 6.11. The van der Waals surface area contributed by atoms with Crippen LogP contribution < -0.4 is 4.90 Å². The van der Waals surface area contributed by atoms with Crippen LogP contribution in [0, 0.1) is 0 Å². The first-order chi connectivity index (χ1) is 11.3. The number of hydrogen-bond acceptors (Lipinski definition) is 5. The van der Waals surface area contributed by atoms with Crippen molar-refractivity contribution in [3.63, 3.8) is 0 Å². The summed E-state index contributed by atoms with van der Waals surface area (Å²) in [6.07, 6.45) is 5.97. The average molecular weight is 315 g/mol. The summed E-state index contributed by atoms with van der Waals surface area (Å²) in [7, 11) is 0. The van der Waals surface area contributed by atoms with Crippen molar-refractivity contribution in [3.8, 4) is 0 Å². The average Bonchev–Trinajstić information content (AvgIpc) is 3.34. The molecule has 1 saturated carbocycles. The smallest absolute Gasteiger partial charge is 0.409 e. The highest BCUT2D eigenvalue weighted by atomic mass is 16.6. The van der Waals surface area contributed by atoms with E-state index < -0.39 is 0 Å². The number of nitrogens with zero attached hydrogens (tertiary/aromatic N) is 4. The zero-order valence-corrected chi connectivity index (χ0v) is 13.3. The van der Waals surface area contributed by atoms with Crippen molar-refractivity contribution >= 4 is 22.9 Å². The molecule has 7 heteroatoms. The van der Waals surface area contributed by atoms with Gasteiger partial charge in [-0.3, -0.25) is 0 Å². The summed E-state index contributed by atoms with van der Waals surface area (Å²) in [5.41, 5.74) is 2.24. The largest absolute Gasteiger partial charge is 0.450 e. The Balaban J connectivity index is 1.56. The number of carbonyl (C=O) groups excluding carboxylic acids is 1. The van der Waals surface area contributed by atoms with Crippen molar-refractivity contribution < 1.29 is 9.53 Å². The summed E-state index contributed by atoms with van der Waals surface area (Å²) in [5, 5.41) is 1.15. The summed E-state index contributed by atoms with van der Waals surface area (Å²) in [5.74, 6) is 1.64. The fraction of sp³-hybridized carbons (Fsp3) is 0.562. The molecule has 0 unspecified atom stereocenters. The Labute approximate surface area is 134 Å². The Kier molecular flexibility index (Phi) is 3.55. The maximum Gasteiger partial charge on any atom is 0.409 e. The number of H-pyrrole nitrogens is 1. The van der Waals surface area contributed by atoms with Gasteiger partial charge >= 0.3 is 6.09 Å². The minimum absolute atomic E-state index is 0.222. The number of nitrogens with one attached hydrogen (secondary N) is 1. The summed E-state index contributed by atoms with van der Waals surface area (Å²) in [6, 6.07) is 0. The van der Waals surface area contributed by atoms with Crippen LogP contribution in [-0.4, -0.2) is 58.7 Å². The van der Waals surface area contributed by atoms with E-state index in [2.05, 4.69) is 26.0 Å². The molecule has 0 atom stereocenters. The zero-order chi connectivity index (χ0) is 15.8. The van der Waals surface area contributed by atoms with E-state index in [0.29, 0.717) is 25.6 Å². The zero-order valence-electron chi connectivity index (χ0n) is 13.3. The molecule has 2 fully saturated rings. The van der Waals surface area contributed by atoms with Gasteiger partial charge in [-0.25, -0.2) is 14.8 Å². The van der Waals surface area contributed by atoms with Crippen LogP contribution >= 0.6 is 0 Å². The van der Waals surface area contributed by atoms with Gasteiger partial charge < -0.3 is 19.5 Å². The van der Waals surface area contributed by atoms with Gasteiger partial charge in [0, 0.05) is 32.4 Å². The lowest BCUT2D eigenvalue weighted by Gasteiger charge is -2.35. The lowest BCUT2D eigenvalue weighted by Crippen LogP contribution is -2.49. The number of fused-ring (bicyclic) bond motifs is 1. The van der Waals surface area contributed by atoms with Crippen LogP contribution in [0.25, 0.3) is 11.0 Å². The van der Waals surface area contributed by atoms with Crippen molar-refractivity contribution in [1.29, 1.82) is 0 Å². The van der Waals surface area contributed by atoms with Gasteiger partial charge in [0.15, 0.2) is 0 Å². The van der Waals surface area contributed by atoms with E-state index in [1.54, 1.807) is 11.2 Å². The van der Waals surface area contributed by atoms with E-state index in [0.717, 1.165) is 29.9 Å². The van der Waals surface area contributed by atoms with Gasteiger partial charge in [-0.15, -0.1) is 0 Å². The van der Waals surface area contributed by atoms with Crippen LogP contribution in [-0.2, 0) is 4.74 Å². The minimum atomic E-state index is -0.222. The van der Waals surface area contributed by atoms with Gasteiger partial charge in [0.25, 0.3) is 0 Å². The van der Waals surface area contributed by atoms with Gasteiger partial charge in [-0.05, 0) is 31.2 Å². The van der Waals surface area contributed by atoms with Crippen molar-refractivity contribution in [2.45, 2.75) is 25.7 Å². The Morgan fingerprint density at radius 1 is 1.30 bits per heavy atom.